The molecule has 1 heterocycles. The summed E-state index contributed by atoms with van der Waals surface area (Å²) in [5.41, 5.74) is 6.07. The molecule has 5 heteroatoms. The Morgan fingerprint density at radius 2 is 1.94 bits per heavy atom. The Morgan fingerprint density at radius 1 is 1.25 bits per heavy atom. The number of hydrogen-bond acceptors (Lipinski definition) is 4. The number of amides is 1. The van der Waals surface area contributed by atoms with Gasteiger partial charge in [-0.1, -0.05) is 12.1 Å². The molecule has 0 radical (unpaired) electrons. The fourth-order valence-corrected chi connectivity index (χ4v) is 1.59. The molecule has 1 aliphatic heterocycles. The van der Waals surface area contributed by atoms with Gasteiger partial charge in [-0.15, -0.1) is 0 Å². The van der Waals surface area contributed by atoms with Crippen molar-refractivity contribution >= 4 is 11.7 Å². The zero-order valence-electron chi connectivity index (χ0n) is 8.82. The Bertz CT molecular complexity index is 414. The fourth-order valence-electron chi connectivity index (χ4n) is 1.59. The minimum atomic E-state index is -0.579. The smallest absolute Gasteiger partial charge is 0.301 e. The van der Waals surface area contributed by atoms with Gasteiger partial charge >= 0.3 is 5.91 Å². The molecule has 1 amide bonds. The van der Waals surface area contributed by atoms with Gasteiger partial charge in [0.1, 0.15) is 5.75 Å². The maximum Gasteiger partial charge on any atom is 0.301 e. The van der Waals surface area contributed by atoms with Gasteiger partial charge in [0.25, 0.3) is 0 Å². The van der Waals surface area contributed by atoms with Crippen LogP contribution in [0.4, 0.5) is 0 Å². The second-order valence-corrected chi connectivity index (χ2v) is 3.55. The van der Waals surface area contributed by atoms with Crippen molar-refractivity contribution in [2.24, 2.45) is 0 Å². The minimum absolute atomic E-state index is 0.170. The molecule has 0 aliphatic carbocycles. The number of hydrazine groups is 1. The molecule has 2 N–H and O–H groups in total. The summed E-state index contributed by atoms with van der Waals surface area (Å²) in [5, 5.41) is 0. The van der Waals surface area contributed by atoms with Crippen molar-refractivity contribution in [1.29, 1.82) is 0 Å². The summed E-state index contributed by atoms with van der Waals surface area (Å²) in [5.74, 6) is -0.223. The molecule has 2 rings (SSSR count). The quantitative estimate of drug-likeness (QED) is 0.705. The van der Waals surface area contributed by atoms with E-state index in [0.717, 1.165) is 11.3 Å². The van der Waals surface area contributed by atoms with Crippen molar-refractivity contribution in [1.82, 2.24) is 10.9 Å². The number of methoxy groups -OCH3 is 1. The van der Waals surface area contributed by atoms with Crippen molar-refractivity contribution in [2.75, 3.05) is 7.11 Å². The predicted octanol–water partition coefficient (Wildman–Crippen LogP) is 0.330. The summed E-state index contributed by atoms with van der Waals surface area (Å²) in [6.45, 7) is 0. The number of nitrogens with one attached hydrogen (secondary N) is 2. The van der Waals surface area contributed by atoms with E-state index >= 15 is 0 Å². The number of Topliss-reactive ketones (excluding diaryl/α,β-unsaturated/α-hetero) is 1. The van der Waals surface area contributed by atoms with Crippen LogP contribution in [-0.4, -0.2) is 18.8 Å². The van der Waals surface area contributed by atoms with E-state index < -0.39 is 11.7 Å². The molecule has 1 aromatic carbocycles. The van der Waals surface area contributed by atoms with Crippen LogP contribution in [0.25, 0.3) is 0 Å². The number of benzene rings is 1. The van der Waals surface area contributed by atoms with E-state index in [-0.39, 0.29) is 12.5 Å². The van der Waals surface area contributed by atoms with Crippen molar-refractivity contribution in [3.8, 4) is 5.75 Å². The van der Waals surface area contributed by atoms with E-state index in [0.29, 0.717) is 0 Å². The highest BCUT2D eigenvalue weighted by molar-refractivity contribution is 6.36. The molecule has 0 aromatic heterocycles. The third-order valence-corrected chi connectivity index (χ3v) is 2.52. The largest absolute Gasteiger partial charge is 0.497 e. The summed E-state index contributed by atoms with van der Waals surface area (Å²) in [6, 6.07) is 7.19. The molecule has 1 aromatic rings. The summed E-state index contributed by atoms with van der Waals surface area (Å²) in [7, 11) is 1.59. The normalized spacial score (nSPS) is 20.4. The third-order valence-electron chi connectivity index (χ3n) is 2.52. The van der Waals surface area contributed by atoms with Crippen LogP contribution in [0.5, 0.6) is 5.75 Å². The van der Waals surface area contributed by atoms with Crippen LogP contribution in [0.15, 0.2) is 24.3 Å². The Morgan fingerprint density at radius 3 is 2.50 bits per heavy atom. The van der Waals surface area contributed by atoms with E-state index in [9.17, 15) is 9.59 Å². The van der Waals surface area contributed by atoms with Crippen LogP contribution in [0.3, 0.4) is 0 Å². The molecular weight excluding hydrogens is 208 g/mol. The molecule has 1 unspecified atom stereocenters. The number of hydrogen-bond donors (Lipinski definition) is 2. The van der Waals surface area contributed by atoms with E-state index in [2.05, 4.69) is 10.9 Å². The summed E-state index contributed by atoms with van der Waals surface area (Å²) < 4.78 is 5.04. The van der Waals surface area contributed by atoms with Crippen LogP contribution in [-0.2, 0) is 9.59 Å². The zero-order chi connectivity index (χ0) is 11.5. The Kier molecular flexibility index (Phi) is 2.87. The maximum atomic E-state index is 11.2. The van der Waals surface area contributed by atoms with E-state index in [1.165, 1.54) is 0 Å². The molecule has 1 saturated heterocycles. The average molecular weight is 220 g/mol. The van der Waals surface area contributed by atoms with Gasteiger partial charge in [-0.25, -0.2) is 5.43 Å². The topological polar surface area (TPSA) is 67.4 Å². The van der Waals surface area contributed by atoms with Gasteiger partial charge in [-0.2, -0.15) is 0 Å². The van der Waals surface area contributed by atoms with Crippen molar-refractivity contribution in [3.63, 3.8) is 0 Å². The molecular formula is C11H12N2O3. The van der Waals surface area contributed by atoms with Crippen LogP contribution in [0.2, 0.25) is 0 Å². The number of ketones is 1. The second kappa shape index (κ2) is 4.32. The average Bonchev–Trinajstić information content (AvgIpc) is 2.33. The van der Waals surface area contributed by atoms with E-state index in [1.54, 1.807) is 7.11 Å². The molecule has 1 aliphatic rings. The zero-order valence-corrected chi connectivity index (χ0v) is 8.82. The lowest BCUT2D eigenvalue weighted by Crippen LogP contribution is -2.49. The summed E-state index contributed by atoms with van der Waals surface area (Å²) in [4.78, 5) is 22.2. The highest BCUT2D eigenvalue weighted by atomic mass is 16.5. The van der Waals surface area contributed by atoms with Crippen molar-refractivity contribution in [2.45, 2.75) is 12.5 Å². The Balaban J connectivity index is 2.12. The van der Waals surface area contributed by atoms with Crippen LogP contribution >= 0.6 is 0 Å². The van der Waals surface area contributed by atoms with E-state index in [4.69, 9.17) is 4.74 Å². The first-order chi connectivity index (χ1) is 7.70. The highest BCUT2D eigenvalue weighted by Crippen LogP contribution is 2.21. The maximum absolute atomic E-state index is 11.2. The van der Waals surface area contributed by atoms with Crippen LogP contribution < -0.4 is 15.6 Å². The van der Waals surface area contributed by atoms with Gasteiger partial charge in [-0.3, -0.25) is 15.0 Å². The third kappa shape index (κ3) is 2.04. The van der Waals surface area contributed by atoms with Gasteiger partial charge in [0, 0.05) is 6.42 Å². The standard InChI is InChI=1S/C11H12N2O3/c1-16-8-4-2-7(3-5-8)9-6-10(14)11(15)13-12-9/h2-5,9,12H,6H2,1H3,(H,13,15). The molecule has 0 spiro atoms. The molecule has 1 fully saturated rings. The Hall–Kier alpha value is -1.88. The summed E-state index contributed by atoms with van der Waals surface area (Å²) >= 11 is 0. The number of ether oxygens (including phenoxy) is 1. The predicted molar refractivity (Wildman–Crippen MR) is 56.6 cm³/mol. The number of carbonyl (C=O) groups excluding carboxylic acids is 2. The van der Waals surface area contributed by atoms with Gasteiger partial charge in [0.2, 0.25) is 5.78 Å². The van der Waals surface area contributed by atoms with Crippen LogP contribution in [0, 0.1) is 0 Å². The van der Waals surface area contributed by atoms with Crippen molar-refractivity contribution in [3.05, 3.63) is 29.8 Å². The first-order valence-electron chi connectivity index (χ1n) is 4.93. The highest BCUT2D eigenvalue weighted by Gasteiger charge is 2.26. The second-order valence-electron chi connectivity index (χ2n) is 3.55. The SMILES string of the molecule is COc1ccc(C2CC(=O)C(=O)NN2)cc1. The first-order valence-corrected chi connectivity index (χ1v) is 4.93. The number of rotatable bonds is 2. The first kappa shape index (κ1) is 10.6. The van der Waals surface area contributed by atoms with E-state index in [1.807, 2.05) is 24.3 Å². The van der Waals surface area contributed by atoms with Gasteiger partial charge in [0.05, 0.1) is 13.2 Å². The molecule has 0 saturated carbocycles. The van der Waals surface area contributed by atoms with Crippen molar-refractivity contribution < 1.29 is 14.3 Å². The molecule has 1 atom stereocenters. The molecule has 5 nitrogen and oxygen atoms in total. The lowest BCUT2D eigenvalue weighted by atomic mass is 10.0. The Labute approximate surface area is 92.8 Å². The monoisotopic (exact) mass is 220 g/mol. The minimum Gasteiger partial charge on any atom is -0.497 e. The summed E-state index contributed by atoms with van der Waals surface area (Å²) in [6.07, 6.45) is 0.179. The van der Waals surface area contributed by atoms with Gasteiger partial charge in [0.15, 0.2) is 0 Å². The fraction of sp³-hybridized carbons (Fsp3) is 0.273. The van der Waals surface area contributed by atoms with Crippen LogP contribution in [0.1, 0.15) is 18.0 Å². The molecule has 0 bridgehead atoms. The lowest BCUT2D eigenvalue weighted by molar-refractivity contribution is -0.141. The van der Waals surface area contributed by atoms with Gasteiger partial charge < -0.3 is 4.74 Å². The van der Waals surface area contributed by atoms with Gasteiger partial charge in [-0.05, 0) is 17.7 Å². The lowest BCUT2D eigenvalue weighted by Gasteiger charge is -2.23. The molecule has 16 heavy (non-hydrogen) atoms. The molecule has 84 valence electrons. The number of carbonyl (C=O) groups is 2.